The topological polar surface area (TPSA) is 119 Å². The number of carbonyl (C=O) groups excluding carboxylic acids is 1. The second-order valence-corrected chi connectivity index (χ2v) is 11.5. The van der Waals surface area contributed by atoms with E-state index in [-0.39, 0.29) is 23.2 Å². The molecule has 0 radical (unpaired) electrons. The van der Waals surface area contributed by atoms with Crippen molar-refractivity contribution in [3.05, 3.63) is 88.5 Å². The molecule has 38 heavy (non-hydrogen) atoms. The fraction of sp³-hybridized carbons (Fsp3) is 0.310. The van der Waals surface area contributed by atoms with E-state index in [2.05, 4.69) is 4.72 Å². The first-order valence-electron chi connectivity index (χ1n) is 12.4. The molecule has 1 unspecified atom stereocenters. The third-order valence-electron chi connectivity index (χ3n) is 6.90. The van der Waals surface area contributed by atoms with Crippen LogP contribution in [-0.2, 0) is 26.7 Å². The summed E-state index contributed by atoms with van der Waals surface area (Å²) in [6, 6.07) is 16.0. The van der Waals surface area contributed by atoms with Crippen molar-refractivity contribution in [3.63, 3.8) is 0 Å². The minimum absolute atomic E-state index is 0.0294. The average molecular weight is 538 g/mol. The summed E-state index contributed by atoms with van der Waals surface area (Å²) in [6.45, 7) is 7.63. The summed E-state index contributed by atoms with van der Waals surface area (Å²) >= 11 is 0. The maximum atomic E-state index is 14.0. The van der Waals surface area contributed by atoms with Crippen LogP contribution in [0.5, 0.6) is 11.5 Å². The van der Waals surface area contributed by atoms with Crippen molar-refractivity contribution < 1.29 is 32.6 Å². The van der Waals surface area contributed by atoms with Crippen molar-refractivity contribution in [3.8, 4) is 11.5 Å². The molecule has 0 saturated carbocycles. The van der Waals surface area contributed by atoms with Crippen LogP contribution in [0.1, 0.15) is 72.6 Å². The van der Waals surface area contributed by atoms with Gasteiger partial charge in [0.15, 0.2) is 11.5 Å². The van der Waals surface area contributed by atoms with Crippen molar-refractivity contribution >= 4 is 21.9 Å². The number of carboxylic acid groups (broad SMARTS) is 1. The largest absolute Gasteiger partial charge is 0.478 e. The van der Waals surface area contributed by atoms with Crippen molar-refractivity contribution in [2.24, 2.45) is 0 Å². The van der Waals surface area contributed by atoms with Crippen LogP contribution in [0, 0.1) is 0 Å². The van der Waals surface area contributed by atoms with Crippen LogP contribution < -0.4 is 14.2 Å². The maximum Gasteiger partial charge on any atom is 0.335 e. The Morgan fingerprint density at radius 3 is 2.32 bits per heavy atom. The standard InChI is InChI=1S/C29H31NO7S/c1-5-6-20-15-21(27(31)32)9-13-24(20)29(4,22-10-14-25-26(16-22)37-17-36-25)28(33)30-38(34,35)23-11-7-19(8-12-23)18(2)3/h7-16,18H,5-6,17H2,1-4H3,(H,30,33)(H,31,32). The van der Waals surface area contributed by atoms with E-state index in [4.69, 9.17) is 9.47 Å². The summed E-state index contributed by atoms with van der Waals surface area (Å²) in [6.07, 6.45) is 1.18. The molecular formula is C29H31NO7S. The molecule has 1 aliphatic heterocycles. The molecule has 1 heterocycles. The third-order valence-corrected chi connectivity index (χ3v) is 8.25. The van der Waals surface area contributed by atoms with E-state index in [0.29, 0.717) is 41.0 Å². The van der Waals surface area contributed by atoms with Gasteiger partial charge in [0.25, 0.3) is 10.0 Å². The highest BCUT2D eigenvalue weighted by atomic mass is 32.2. The lowest BCUT2D eigenvalue weighted by Gasteiger charge is -2.32. The molecule has 0 saturated heterocycles. The van der Waals surface area contributed by atoms with Crippen LogP contribution in [0.15, 0.2) is 65.6 Å². The fourth-order valence-electron chi connectivity index (χ4n) is 4.62. The lowest BCUT2D eigenvalue weighted by molar-refractivity contribution is -0.123. The summed E-state index contributed by atoms with van der Waals surface area (Å²) in [7, 11) is -4.21. The maximum absolute atomic E-state index is 14.0. The van der Waals surface area contributed by atoms with Gasteiger partial charge in [-0.25, -0.2) is 17.9 Å². The first-order valence-corrected chi connectivity index (χ1v) is 13.9. The number of carboxylic acids is 1. The molecule has 3 aromatic carbocycles. The molecular weight excluding hydrogens is 506 g/mol. The highest BCUT2D eigenvalue weighted by molar-refractivity contribution is 7.90. The molecule has 4 rings (SSSR count). The summed E-state index contributed by atoms with van der Waals surface area (Å²) in [4.78, 5) is 25.7. The molecule has 1 atom stereocenters. The molecule has 1 amide bonds. The number of carbonyl (C=O) groups is 2. The number of nitrogens with one attached hydrogen (secondary N) is 1. The van der Waals surface area contributed by atoms with Gasteiger partial charge in [-0.05, 0) is 77.9 Å². The van der Waals surface area contributed by atoms with Crippen LogP contribution in [0.25, 0.3) is 0 Å². The van der Waals surface area contributed by atoms with E-state index in [1.165, 1.54) is 18.2 Å². The Morgan fingerprint density at radius 2 is 1.68 bits per heavy atom. The lowest BCUT2D eigenvalue weighted by atomic mass is 9.72. The van der Waals surface area contributed by atoms with Gasteiger partial charge in [0.2, 0.25) is 12.7 Å². The van der Waals surface area contributed by atoms with Gasteiger partial charge in [-0.15, -0.1) is 0 Å². The van der Waals surface area contributed by atoms with E-state index in [0.717, 1.165) is 5.56 Å². The van der Waals surface area contributed by atoms with Gasteiger partial charge in [0.05, 0.1) is 15.9 Å². The highest BCUT2D eigenvalue weighted by Crippen LogP contribution is 2.41. The Balaban J connectivity index is 1.83. The minimum Gasteiger partial charge on any atom is -0.478 e. The summed E-state index contributed by atoms with van der Waals surface area (Å²) < 4.78 is 39.9. The van der Waals surface area contributed by atoms with Crippen LogP contribution in [0.2, 0.25) is 0 Å². The van der Waals surface area contributed by atoms with Crippen LogP contribution in [0.4, 0.5) is 0 Å². The van der Waals surface area contributed by atoms with Crippen molar-refractivity contribution in [2.75, 3.05) is 6.79 Å². The van der Waals surface area contributed by atoms with Gasteiger partial charge in [-0.2, -0.15) is 0 Å². The Morgan fingerprint density at radius 1 is 1.00 bits per heavy atom. The number of hydrogen-bond acceptors (Lipinski definition) is 6. The number of benzene rings is 3. The van der Waals surface area contributed by atoms with Gasteiger partial charge in [0.1, 0.15) is 0 Å². The van der Waals surface area contributed by atoms with Crippen LogP contribution in [0.3, 0.4) is 0 Å². The van der Waals surface area contributed by atoms with Gasteiger partial charge < -0.3 is 14.6 Å². The van der Waals surface area contributed by atoms with Crippen molar-refractivity contribution in [2.45, 2.75) is 56.8 Å². The number of fused-ring (bicyclic) bond motifs is 1. The van der Waals surface area contributed by atoms with Gasteiger partial charge in [-0.3, -0.25) is 4.79 Å². The Bertz CT molecular complexity index is 1480. The first-order chi connectivity index (χ1) is 18.0. The molecule has 0 spiro atoms. The Kier molecular flexibility index (Phi) is 7.51. The second-order valence-electron chi connectivity index (χ2n) is 9.78. The Hall–Kier alpha value is -3.85. The zero-order valence-corrected chi connectivity index (χ0v) is 22.6. The second kappa shape index (κ2) is 10.5. The van der Waals surface area contributed by atoms with E-state index in [9.17, 15) is 23.1 Å². The number of hydrogen-bond donors (Lipinski definition) is 2. The zero-order valence-electron chi connectivity index (χ0n) is 21.8. The Labute approximate surface area is 222 Å². The number of sulfonamides is 1. The molecule has 0 aromatic heterocycles. The number of aryl methyl sites for hydroxylation is 1. The molecule has 200 valence electrons. The average Bonchev–Trinajstić information content (AvgIpc) is 3.36. The summed E-state index contributed by atoms with van der Waals surface area (Å²) in [5.41, 5.74) is 1.18. The monoisotopic (exact) mass is 537 g/mol. The van der Waals surface area contributed by atoms with Crippen LogP contribution >= 0.6 is 0 Å². The third kappa shape index (κ3) is 5.11. The van der Waals surface area contributed by atoms with Gasteiger partial charge >= 0.3 is 5.97 Å². The smallest absolute Gasteiger partial charge is 0.335 e. The quantitative estimate of drug-likeness (QED) is 0.394. The molecule has 0 aliphatic carbocycles. The van der Waals surface area contributed by atoms with Crippen molar-refractivity contribution in [1.82, 2.24) is 4.72 Å². The predicted molar refractivity (Wildman–Crippen MR) is 142 cm³/mol. The molecule has 9 heteroatoms. The zero-order chi connectivity index (χ0) is 27.7. The lowest BCUT2D eigenvalue weighted by Crippen LogP contribution is -2.46. The van der Waals surface area contributed by atoms with E-state index in [1.54, 1.807) is 49.4 Å². The van der Waals surface area contributed by atoms with E-state index >= 15 is 0 Å². The van der Waals surface area contributed by atoms with Gasteiger partial charge in [0, 0.05) is 0 Å². The number of ether oxygens (including phenoxy) is 2. The number of aromatic carboxylic acids is 1. The predicted octanol–water partition coefficient (Wildman–Crippen LogP) is 5.00. The van der Waals surface area contributed by atoms with E-state index < -0.39 is 27.3 Å². The normalized spacial score (nSPS) is 14.2. The summed E-state index contributed by atoms with van der Waals surface area (Å²) in [5.74, 6) is -0.682. The van der Waals surface area contributed by atoms with Gasteiger partial charge in [-0.1, -0.05) is 51.5 Å². The fourth-order valence-corrected chi connectivity index (χ4v) is 5.68. The molecule has 2 N–H and O–H groups in total. The summed E-state index contributed by atoms with van der Waals surface area (Å²) in [5, 5.41) is 9.55. The number of rotatable bonds is 9. The van der Waals surface area contributed by atoms with Crippen molar-refractivity contribution in [1.29, 1.82) is 0 Å². The molecule has 0 bridgehead atoms. The SMILES string of the molecule is CCCc1cc(C(=O)O)ccc1C(C)(C(=O)NS(=O)(=O)c1ccc(C(C)C)cc1)c1ccc2c(c1)OCO2. The minimum atomic E-state index is -4.21. The van der Waals surface area contributed by atoms with E-state index in [1.807, 2.05) is 20.8 Å². The molecule has 3 aromatic rings. The molecule has 0 fully saturated rings. The van der Waals surface area contributed by atoms with Crippen LogP contribution in [-0.4, -0.2) is 32.2 Å². The molecule has 8 nitrogen and oxygen atoms in total. The molecule has 1 aliphatic rings. The first kappa shape index (κ1) is 27.2. The number of amides is 1. The highest BCUT2D eigenvalue weighted by Gasteiger charge is 2.42.